The second kappa shape index (κ2) is 5.90. The van der Waals surface area contributed by atoms with E-state index in [-0.39, 0.29) is 0 Å². The maximum atomic E-state index is 11.2. The van der Waals surface area contributed by atoms with Gasteiger partial charge in [-0.25, -0.2) is 9.59 Å². The number of amides is 1. The largest absolute Gasteiger partial charge is 0.533 e. The Kier molecular flexibility index (Phi) is 4.53. The molecule has 0 unspecified atom stereocenters. The fourth-order valence-corrected chi connectivity index (χ4v) is 0.971. The molecule has 0 aromatic heterocycles. The summed E-state index contributed by atoms with van der Waals surface area (Å²) >= 11 is 0. The molecule has 0 heterocycles. The number of rotatable bonds is 1. The summed E-state index contributed by atoms with van der Waals surface area (Å²) in [6.07, 6.45) is -1.92. The van der Waals surface area contributed by atoms with Crippen molar-refractivity contribution in [1.29, 1.82) is 0 Å². The number of hydroxylamine groups is 1. The van der Waals surface area contributed by atoms with E-state index in [1.165, 1.54) is 0 Å². The monoisotopic (exact) mass is 253 g/mol. The number of carbonyl (C=O) groups excluding carboxylic acids is 2. The quantitative estimate of drug-likeness (QED) is 0.615. The van der Waals surface area contributed by atoms with Crippen LogP contribution in [0.15, 0.2) is 30.3 Å². The van der Waals surface area contributed by atoms with Crippen molar-refractivity contribution in [3.8, 4) is 5.75 Å². The summed E-state index contributed by atoms with van der Waals surface area (Å²) in [7, 11) is 0. The first kappa shape index (κ1) is 13.8. The molecule has 0 radical (unpaired) electrons. The van der Waals surface area contributed by atoms with Gasteiger partial charge in [-0.1, -0.05) is 18.2 Å². The number of nitrogens with one attached hydrogen (secondary N) is 1. The number of hydrogen-bond acceptors (Lipinski definition) is 5. The van der Waals surface area contributed by atoms with Gasteiger partial charge in [-0.15, -0.1) is 5.48 Å². The SMILES string of the molecule is CC(C)(C)OC(=O)ONC(=O)Oc1ccccc1. The number of para-hydroxylation sites is 1. The van der Waals surface area contributed by atoms with E-state index >= 15 is 0 Å². The smallest absolute Gasteiger partial charge is 0.427 e. The Morgan fingerprint density at radius 1 is 1.11 bits per heavy atom. The van der Waals surface area contributed by atoms with Crippen LogP contribution in [0.25, 0.3) is 0 Å². The average molecular weight is 253 g/mol. The van der Waals surface area contributed by atoms with Gasteiger partial charge < -0.3 is 14.3 Å². The second-order valence-corrected chi connectivity index (χ2v) is 4.37. The topological polar surface area (TPSA) is 73.9 Å². The van der Waals surface area contributed by atoms with E-state index in [4.69, 9.17) is 9.47 Å². The van der Waals surface area contributed by atoms with Gasteiger partial charge in [0.25, 0.3) is 0 Å². The Balaban J connectivity index is 2.32. The minimum atomic E-state index is -1.01. The van der Waals surface area contributed by atoms with Gasteiger partial charge in [0.1, 0.15) is 11.4 Å². The first-order valence-electron chi connectivity index (χ1n) is 5.29. The molecule has 0 bridgehead atoms. The zero-order chi connectivity index (χ0) is 13.6. The van der Waals surface area contributed by atoms with Crippen molar-refractivity contribution >= 4 is 12.2 Å². The van der Waals surface area contributed by atoms with Gasteiger partial charge in [0.05, 0.1) is 0 Å². The fourth-order valence-electron chi connectivity index (χ4n) is 0.971. The van der Waals surface area contributed by atoms with Gasteiger partial charge in [-0.2, -0.15) is 0 Å². The van der Waals surface area contributed by atoms with Crippen LogP contribution in [0.1, 0.15) is 20.8 Å². The number of ether oxygens (including phenoxy) is 2. The summed E-state index contributed by atoms with van der Waals surface area (Å²) in [6, 6.07) is 8.37. The van der Waals surface area contributed by atoms with E-state index in [9.17, 15) is 9.59 Å². The Morgan fingerprint density at radius 3 is 2.28 bits per heavy atom. The van der Waals surface area contributed by atoms with Crippen molar-refractivity contribution in [2.45, 2.75) is 26.4 Å². The molecule has 0 aliphatic heterocycles. The van der Waals surface area contributed by atoms with Crippen LogP contribution in [0, 0.1) is 0 Å². The lowest BCUT2D eigenvalue weighted by molar-refractivity contribution is -0.0277. The number of benzene rings is 1. The lowest BCUT2D eigenvalue weighted by atomic mass is 10.2. The molecule has 0 fully saturated rings. The molecule has 0 saturated carbocycles. The summed E-state index contributed by atoms with van der Waals surface area (Å²) in [5.41, 5.74) is 1.13. The lowest BCUT2D eigenvalue weighted by Crippen LogP contribution is -2.33. The average Bonchev–Trinajstić information content (AvgIpc) is 2.25. The fraction of sp³-hybridized carbons (Fsp3) is 0.333. The third-order valence-corrected chi connectivity index (χ3v) is 1.56. The Hall–Kier alpha value is -2.24. The summed E-state index contributed by atoms with van der Waals surface area (Å²) in [5, 5.41) is 0. The van der Waals surface area contributed by atoms with Gasteiger partial charge in [-0.3, -0.25) is 0 Å². The normalized spacial score (nSPS) is 10.4. The maximum absolute atomic E-state index is 11.2. The minimum Gasteiger partial charge on any atom is -0.427 e. The minimum absolute atomic E-state index is 0.336. The molecule has 1 rings (SSSR count). The van der Waals surface area contributed by atoms with E-state index in [0.29, 0.717) is 5.75 Å². The van der Waals surface area contributed by atoms with Crippen molar-refractivity contribution in [2.24, 2.45) is 0 Å². The Bertz CT molecular complexity index is 410. The van der Waals surface area contributed by atoms with E-state index in [1.54, 1.807) is 51.1 Å². The highest BCUT2D eigenvalue weighted by Crippen LogP contribution is 2.09. The van der Waals surface area contributed by atoms with Crippen LogP contribution in [0.4, 0.5) is 9.59 Å². The van der Waals surface area contributed by atoms with Crippen LogP contribution < -0.4 is 10.2 Å². The summed E-state index contributed by atoms with van der Waals surface area (Å²) in [5.74, 6) is 0.336. The van der Waals surface area contributed by atoms with Crippen LogP contribution in [0.3, 0.4) is 0 Å². The van der Waals surface area contributed by atoms with Crippen molar-refractivity contribution in [3.63, 3.8) is 0 Å². The summed E-state index contributed by atoms with van der Waals surface area (Å²) in [4.78, 5) is 26.7. The van der Waals surface area contributed by atoms with E-state index < -0.39 is 17.8 Å². The Morgan fingerprint density at radius 2 is 1.72 bits per heavy atom. The highest BCUT2D eigenvalue weighted by molar-refractivity contribution is 5.71. The third kappa shape index (κ3) is 5.74. The van der Waals surface area contributed by atoms with Gasteiger partial charge in [0.15, 0.2) is 0 Å². The first-order chi connectivity index (χ1) is 8.37. The van der Waals surface area contributed by atoms with E-state index in [0.717, 1.165) is 0 Å². The zero-order valence-electron chi connectivity index (χ0n) is 10.4. The molecule has 1 amide bonds. The predicted molar refractivity (Wildman–Crippen MR) is 62.9 cm³/mol. The molecule has 0 spiro atoms. The molecule has 1 aromatic rings. The van der Waals surface area contributed by atoms with E-state index in [1.807, 2.05) is 5.48 Å². The molecule has 0 atom stereocenters. The molecule has 6 heteroatoms. The van der Waals surface area contributed by atoms with Crippen LogP contribution in [-0.4, -0.2) is 17.8 Å². The number of hydrogen-bond donors (Lipinski definition) is 1. The summed E-state index contributed by atoms with van der Waals surface area (Å²) < 4.78 is 9.62. The predicted octanol–water partition coefficient (Wildman–Crippen LogP) is 2.64. The second-order valence-electron chi connectivity index (χ2n) is 4.37. The molecule has 0 aliphatic rings. The molecule has 0 saturated heterocycles. The molecule has 98 valence electrons. The summed E-state index contributed by atoms with van der Waals surface area (Å²) in [6.45, 7) is 5.03. The molecule has 1 N–H and O–H groups in total. The molecule has 18 heavy (non-hydrogen) atoms. The highest BCUT2D eigenvalue weighted by Gasteiger charge is 2.18. The van der Waals surface area contributed by atoms with Crippen LogP contribution in [0.5, 0.6) is 5.75 Å². The first-order valence-corrected chi connectivity index (χ1v) is 5.29. The Labute approximate surface area is 105 Å². The molecule has 0 aliphatic carbocycles. The highest BCUT2D eigenvalue weighted by atomic mass is 16.8. The van der Waals surface area contributed by atoms with Crippen molar-refractivity contribution in [1.82, 2.24) is 5.48 Å². The maximum Gasteiger partial charge on any atom is 0.533 e. The molecule has 6 nitrogen and oxygen atoms in total. The van der Waals surface area contributed by atoms with Crippen LogP contribution in [-0.2, 0) is 9.57 Å². The molecule has 1 aromatic carbocycles. The van der Waals surface area contributed by atoms with Crippen molar-refractivity contribution in [2.75, 3.05) is 0 Å². The zero-order valence-corrected chi connectivity index (χ0v) is 10.4. The van der Waals surface area contributed by atoms with Gasteiger partial charge in [-0.05, 0) is 32.9 Å². The van der Waals surface area contributed by atoms with Gasteiger partial charge in [0.2, 0.25) is 0 Å². The van der Waals surface area contributed by atoms with Crippen LogP contribution >= 0.6 is 0 Å². The van der Waals surface area contributed by atoms with Gasteiger partial charge in [0, 0.05) is 0 Å². The van der Waals surface area contributed by atoms with Gasteiger partial charge >= 0.3 is 12.2 Å². The van der Waals surface area contributed by atoms with Crippen molar-refractivity contribution < 1.29 is 23.9 Å². The number of carbonyl (C=O) groups is 2. The lowest BCUT2D eigenvalue weighted by Gasteiger charge is -2.18. The van der Waals surface area contributed by atoms with E-state index in [2.05, 4.69) is 4.84 Å². The van der Waals surface area contributed by atoms with Crippen molar-refractivity contribution in [3.05, 3.63) is 30.3 Å². The standard InChI is InChI=1S/C12H15NO5/c1-12(2,3)17-11(15)18-13-10(14)16-9-7-5-4-6-8-9/h4-8H,1-3H3,(H,13,14). The third-order valence-electron chi connectivity index (χ3n) is 1.56. The molecular formula is C12H15NO5. The van der Waals surface area contributed by atoms with Crippen LogP contribution in [0.2, 0.25) is 0 Å². The molecular weight excluding hydrogens is 238 g/mol.